The summed E-state index contributed by atoms with van der Waals surface area (Å²) in [7, 11) is 0. The lowest BCUT2D eigenvalue weighted by Crippen LogP contribution is -2.08. The summed E-state index contributed by atoms with van der Waals surface area (Å²) in [4.78, 5) is 7.70. The third-order valence-electron chi connectivity index (χ3n) is 2.47. The van der Waals surface area contributed by atoms with Gasteiger partial charge in [0.1, 0.15) is 5.82 Å². The van der Waals surface area contributed by atoms with Crippen LogP contribution in [-0.4, -0.2) is 9.97 Å². The van der Waals surface area contributed by atoms with Crippen LogP contribution in [0.1, 0.15) is 11.1 Å². The largest absolute Gasteiger partial charge is 0.416 e. The molecular weight excluding hydrogens is 257 g/mol. The van der Waals surface area contributed by atoms with Crippen molar-refractivity contribution in [3.63, 3.8) is 0 Å². The van der Waals surface area contributed by atoms with Gasteiger partial charge in [-0.1, -0.05) is 6.07 Å². The Morgan fingerprint density at radius 1 is 1.21 bits per heavy atom. The summed E-state index contributed by atoms with van der Waals surface area (Å²) in [6, 6.07) is 3.96. The molecule has 0 bridgehead atoms. The number of nitrogens with two attached hydrogens (primary N) is 1. The van der Waals surface area contributed by atoms with Gasteiger partial charge < -0.3 is 11.1 Å². The Morgan fingerprint density at radius 2 is 1.95 bits per heavy atom. The summed E-state index contributed by atoms with van der Waals surface area (Å²) >= 11 is 0. The standard InChI is InChI=1S/C12H11F3N4/c1-7-2-3-8(4-9(7)12(13,14)15)18-11-6-17-5-10(16)19-11/h2-6H,1H3,(H3,16,18,19). The van der Waals surface area contributed by atoms with Crippen molar-refractivity contribution in [1.29, 1.82) is 0 Å². The van der Waals surface area contributed by atoms with Crippen molar-refractivity contribution >= 4 is 17.3 Å². The van der Waals surface area contributed by atoms with Crippen molar-refractivity contribution in [3.8, 4) is 0 Å². The lowest BCUT2D eigenvalue weighted by Gasteiger charge is -2.13. The molecule has 0 spiro atoms. The zero-order chi connectivity index (χ0) is 14.0. The van der Waals surface area contributed by atoms with Gasteiger partial charge in [0.05, 0.1) is 18.0 Å². The Balaban J connectivity index is 2.32. The topological polar surface area (TPSA) is 63.8 Å². The van der Waals surface area contributed by atoms with Crippen LogP contribution in [0.2, 0.25) is 0 Å². The van der Waals surface area contributed by atoms with E-state index in [1.165, 1.54) is 31.5 Å². The molecular formula is C12H11F3N4. The molecule has 7 heteroatoms. The van der Waals surface area contributed by atoms with Gasteiger partial charge in [0.25, 0.3) is 0 Å². The molecule has 4 nitrogen and oxygen atoms in total. The number of anilines is 3. The molecule has 3 N–H and O–H groups in total. The maximum Gasteiger partial charge on any atom is 0.416 e. The fourth-order valence-corrected chi connectivity index (χ4v) is 1.59. The number of aromatic nitrogens is 2. The van der Waals surface area contributed by atoms with Gasteiger partial charge in [0.15, 0.2) is 5.82 Å². The number of alkyl halides is 3. The van der Waals surface area contributed by atoms with E-state index in [1.54, 1.807) is 0 Å². The number of benzene rings is 1. The molecule has 100 valence electrons. The molecule has 0 fully saturated rings. The summed E-state index contributed by atoms with van der Waals surface area (Å²) < 4.78 is 38.3. The van der Waals surface area contributed by atoms with Crippen LogP contribution in [0.3, 0.4) is 0 Å². The second kappa shape index (κ2) is 4.75. The van der Waals surface area contributed by atoms with Crippen LogP contribution in [0.25, 0.3) is 0 Å². The van der Waals surface area contributed by atoms with Gasteiger partial charge in [0, 0.05) is 5.69 Å². The smallest absolute Gasteiger partial charge is 0.382 e. The summed E-state index contributed by atoms with van der Waals surface area (Å²) in [5, 5.41) is 2.73. The molecule has 0 saturated heterocycles. The van der Waals surface area contributed by atoms with Gasteiger partial charge in [-0.25, -0.2) is 4.98 Å². The zero-order valence-corrected chi connectivity index (χ0v) is 9.99. The third-order valence-corrected chi connectivity index (χ3v) is 2.47. The molecule has 0 atom stereocenters. The quantitative estimate of drug-likeness (QED) is 0.878. The molecule has 0 aliphatic carbocycles. The Bertz CT molecular complexity index is 596. The monoisotopic (exact) mass is 268 g/mol. The Morgan fingerprint density at radius 3 is 2.58 bits per heavy atom. The normalized spacial score (nSPS) is 11.4. The number of nitrogen functional groups attached to an aromatic ring is 1. The fourth-order valence-electron chi connectivity index (χ4n) is 1.59. The van der Waals surface area contributed by atoms with Crippen LogP contribution in [0.15, 0.2) is 30.6 Å². The number of hydrogen-bond donors (Lipinski definition) is 2. The SMILES string of the molecule is Cc1ccc(Nc2cncc(N)n2)cc1C(F)(F)F. The minimum Gasteiger partial charge on any atom is -0.382 e. The van der Waals surface area contributed by atoms with E-state index in [9.17, 15) is 13.2 Å². The van der Waals surface area contributed by atoms with E-state index in [0.717, 1.165) is 6.07 Å². The fraction of sp³-hybridized carbons (Fsp3) is 0.167. The second-order valence-electron chi connectivity index (χ2n) is 3.98. The van der Waals surface area contributed by atoms with Gasteiger partial charge in [-0.3, -0.25) is 4.98 Å². The van der Waals surface area contributed by atoms with Crippen LogP contribution in [0.5, 0.6) is 0 Å². The number of nitrogens with one attached hydrogen (secondary N) is 1. The second-order valence-corrected chi connectivity index (χ2v) is 3.98. The van der Waals surface area contributed by atoms with Crippen LogP contribution in [0, 0.1) is 6.92 Å². The molecule has 0 aliphatic rings. The molecule has 0 amide bonds. The minimum absolute atomic E-state index is 0.164. The van der Waals surface area contributed by atoms with E-state index in [1.807, 2.05) is 0 Å². The number of halogens is 3. The summed E-state index contributed by atoms with van der Waals surface area (Å²) in [5.74, 6) is 0.477. The van der Waals surface area contributed by atoms with Crippen molar-refractivity contribution in [3.05, 3.63) is 41.7 Å². The lowest BCUT2D eigenvalue weighted by atomic mass is 10.1. The first kappa shape index (κ1) is 13.1. The van der Waals surface area contributed by atoms with Crippen LogP contribution >= 0.6 is 0 Å². The molecule has 0 aliphatic heterocycles. The van der Waals surface area contributed by atoms with E-state index < -0.39 is 11.7 Å². The Labute approximate surface area is 107 Å². The first-order chi connectivity index (χ1) is 8.86. The average molecular weight is 268 g/mol. The number of rotatable bonds is 2. The first-order valence-corrected chi connectivity index (χ1v) is 5.38. The molecule has 1 aromatic heterocycles. The highest BCUT2D eigenvalue weighted by atomic mass is 19.4. The van der Waals surface area contributed by atoms with Crippen LogP contribution in [-0.2, 0) is 6.18 Å². The Hall–Kier alpha value is -2.31. The van der Waals surface area contributed by atoms with Crippen molar-refractivity contribution in [2.75, 3.05) is 11.1 Å². The van der Waals surface area contributed by atoms with Gasteiger partial charge in [-0.2, -0.15) is 13.2 Å². The predicted molar refractivity (Wildman–Crippen MR) is 65.9 cm³/mol. The Kier molecular flexibility index (Phi) is 3.28. The molecule has 1 aromatic carbocycles. The zero-order valence-electron chi connectivity index (χ0n) is 9.99. The molecule has 2 aromatic rings. The van der Waals surface area contributed by atoms with Crippen molar-refractivity contribution < 1.29 is 13.2 Å². The molecule has 19 heavy (non-hydrogen) atoms. The molecule has 0 saturated carbocycles. The van der Waals surface area contributed by atoms with E-state index in [2.05, 4.69) is 15.3 Å². The minimum atomic E-state index is -4.39. The summed E-state index contributed by atoms with van der Waals surface area (Å²) in [5.41, 5.74) is 5.20. The summed E-state index contributed by atoms with van der Waals surface area (Å²) in [6.45, 7) is 1.41. The first-order valence-electron chi connectivity index (χ1n) is 5.38. The predicted octanol–water partition coefficient (Wildman–Crippen LogP) is 3.13. The number of nitrogens with zero attached hydrogens (tertiary/aromatic N) is 2. The van der Waals surface area contributed by atoms with E-state index in [0.29, 0.717) is 0 Å². The summed E-state index contributed by atoms with van der Waals surface area (Å²) in [6.07, 6.45) is -1.66. The van der Waals surface area contributed by atoms with E-state index in [-0.39, 0.29) is 22.9 Å². The van der Waals surface area contributed by atoms with Crippen LogP contribution < -0.4 is 11.1 Å². The molecule has 0 radical (unpaired) electrons. The van der Waals surface area contributed by atoms with Crippen molar-refractivity contribution in [2.45, 2.75) is 13.1 Å². The van der Waals surface area contributed by atoms with E-state index in [4.69, 9.17) is 5.73 Å². The molecule has 1 heterocycles. The molecule has 2 rings (SSSR count). The highest BCUT2D eigenvalue weighted by Crippen LogP contribution is 2.33. The maximum atomic E-state index is 12.8. The molecule has 0 unspecified atom stereocenters. The van der Waals surface area contributed by atoms with Gasteiger partial charge >= 0.3 is 6.18 Å². The average Bonchev–Trinajstić information content (AvgIpc) is 2.30. The van der Waals surface area contributed by atoms with Gasteiger partial charge in [-0.15, -0.1) is 0 Å². The highest BCUT2D eigenvalue weighted by molar-refractivity contribution is 5.58. The lowest BCUT2D eigenvalue weighted by molar-refractivity contribution is -0.138. The van der Waals surface area contributed by atoms with Gasteiger partial charge in [-0.05, 0) is 24.6 Å². The van der Waals surface area contributed by atoms with Crippen LogP contribution in [0.4, 0.5) is 30.5 Å². The number of hydrogen-bond acceptors (Lipinski definition) is 4. The van der Waals surface area contributed by atoms with E-state index >= 15 is 0 Å². The highest BCUT2D eigenvalue weighted by Gasteiger charge is 2.32. The maximum absolute atomic E-state index is 12.8. The van der Waals surface area contributed by atoms with Crippen molar-refractivity contribution in [1.82, 2.24) is 9.97 Å². The number of aryl methyl sites for hydroxylation is 1. The van der Waals surface area contributed by atoms with Gasteiger partial charge in [0.2, 0.25) is 0 Å². The van der Waals surface area contributed by atoms with Crippen molar-refractivity contribution in [2.24, 2.45) is 0 Å². The third kappa shape index (κ3) is 3.12.